The van der Waals surface area contributed by atoms with Gasteiger partial charge in [-0.3, -0.25) is 0 Å². The molecule has 2 amide bonds. The SMILES string of the molecule is CCCCCCCCN(CCCCCCCC)C[C@H]1O[C@@H](c2ccc(-c3ccccc3CNC(=O)Nc3ccc(Oc4ccccc4)cc3)cc2)O[C@@H](c2ccc(CO)cc2)[C@H]1C. The Balaban J connectivity index is 1.12. The van der Waals surface area contributed by atoms with Crippen molar-refractivity contribution >= 4 is 11.7 Å². The molecule has 6 rings (SSSR count). The van der Waals surface area contributed by atoms with Crippen molar-refractivity contribution in [1.29, 1.82) is 0 Å². The fourth-order valence-corrected chi connectivity index (χ4v) is 8.47. The van der Waals surface area contributed by atoms with E-state index >= 15 is 0 Å². The van der Waals surface area contributed by atoms with Gasteiger partial charge in [0.15, 0.2) is 6.29 Å². The number of urea groups is 1. The summed E-state index contributed by atoms with van der Waals surface area (Å²) in [6, 6.07) is 41.5. The Labute approximate surface area is 377 Å². The number of anilines is 1. The molecule has 8 heteroatoms. The molecule has 3 N–H and O–H groups in total. The normalized spacial score (nSPS) is 17.4. The van der Waals surface area contributed by atoms with E-state index in [2.05, 4.69) is 78.8 Å². The number of rotatable bonds is 25. The number of carbonyl (C=O) groups excluding carboxylic acids is 1. The first-order valence-corrected chi connectivity index (χ1v) is 23.7. The predicted octanol–water partition coefficient (Wildman–Crippen LogP) is 13.8. The number of amides is 2. The van der Waals surface area contributed by atoms with Crippen molar-refractivity contribution in [1.82, 2.24) is 10.2 Å². The van der Waals surface area contributed by atoms with Gasteiger partial charge in [0.2, 0.25) is 0 Å². The molecular formula is C55H71N3O5. The Kier molecular flexibility index (Phi) is 19.6. The Morgan fingerprint density at radius 3 is 1.89 bits per heavy atom. The van der Waals surface area contributed by atoms with Crippen LogP contribution in [0.4, 0.5) is 10.5 Å². The Bertz CT molecular complexity index is 2020. The first kappa shape index (κ1) is 47.5. The van der Waals surface area contributed by atoms with Crippen LogP contribution in [0.2, 0.25) is 0 Å². The third-order valence-electron chi connectivity index (χ3n) is 12.3. The summed E-state index contributed by atoms with van der Waals surface area (Å²) in [7, 11) is 0. The minimum absolute atomic E-state index is 0.0147. The summed E-state index contributed by atoms with van der Waals surface area (Å²) in [6.07, 6.45) is 14.7. The number of nitrogens with one attached hydrogen (secondary N) is 2. The molecule has 1 heterocycles. The highest BCUT2D eigenvalue weighted by Gasteiger charge is 2.39. The number of aliphatic hydroxyl groups is 1. The first-order chi connectivity index (χ1) is 30.9. The monoisotopic (exact) mass is 854 g/mol. The summed E-state index contributed by atoms with van der Waals surface area (Å²) in [5.41, 5.74) is 6.75. The molecule has 1 aliphatic rings. The van der Waals surface area contributed by atoms with Crippen LogP contribution in [-0.4, -0.2) is 41.8 Å². The number of aliphatic hydroxyl groups excluding tert-OH is 1. The molecule has 8 nitrogen and oxygen atoms in total. The molecule has 0 saturated carbocycles. The number of hydrogen-bond acceptors (Lipinski definition) is 6. The van der Waals surface area contributed by atoms with Gasteiger partial charge in [-0.15, -0.1) is 0 Å². The van der Waals surface area contributed by atoms with Gasteiger partial charge >= 0.3 is 6.03 Å². The largest absolute Gasteiger partial charge is 0.457 e. The van der Waals surface area contributed by atoms with Gasteiger partial charge in [-0.25, -0.2) is 4.79 Å². The van der Waals surface area contributed by atoms with Crippen molar-refractivity contribution < 1.29 is 24.1 Å². The highest BCUT2D eigenvalue weighted by Crippen LogP contribution is 2.42. The van der Waals surface area contributed by atoms with Crippen molar-refractivity contribution in [2.45, 2.75) is 129 Å². The number of carbonyl (C=O) groups is 1. The molecule has 1 aliphatic heterocycles. The van der Waals surface area contributed by atoms with Crippen molar-refractivity contribution in [2.24, 2.45) is 5.92 Å². The minimum atomic E-state index is -0.535. The Morgan fingerprint density at radius 2 is 1.24 bits per heavy atom. The lowest BCUT2D eigenvalue weighted by molar-refractivity contribution is -0.276. The number of unbranched alkanes of at least 4 members (excludes halogenated alkanes) is 10. The molecule has 0 bridgehead atoms. The maximum Gasteiger partial charge on any atom is 0.319 e. The van der Waals surface area contributed by atoms with Gasteiger partial charge in [0.05, 0.1) is 18.8 Å². The second-order valence-electron chi connectivity index (χ2n) is 17.2. The molecule has 0 aromatic heterocycles. The Morgan fingerprint density at radius 1 is 0.651 bits per heavy atom. The molecule has 5 aromatic rings. The van der Waals surface area contributed by atoms with Gasteiger partial charge < -0.3 is 34.9 Å². The molecule has 0 radical (unpaired) electrons. The smallest absolute Gasteiger partial charge is 0.319 e. The van der Waals surface area contributed by atoms with Crippen LogP contribution in [-0.2, 0) is 22.6 Å². The summed E-state index contributed by atoms with van der Waals surface area (Å²) in [5, 5.41) is 15.7. The van der Waals surface area contributed by atoms with Gasteiger partial charge in [-0.2, -0.15) is 0 Å². The fourth-order valence-electron chi connectivity index (χ4n) is 8.47. The zero-order chi connectivity index (χ0) is 44.1. The van der Waals surface area contributed by atoms with Crippen LogP contribution in [0.5, 0.6) is 11.5 Å². The number of hydrogen-bond donors (Lipinski definition) is 3. The van der Waals surface area contributed by atoms with E-state index in [0.717, 1.165) is 58.8 Å². The van der Waals surface area contributed by atoms with Gasteiger partial charge in [-0.1, -0.05) is 176 Å². The predicted molar refractivity (Wildman–Crippen MR) is 257 cm³/mol. The average molecular weight is 854 g/mol. The van der Waals surface area contributed by atoms with Crippen molar-refractivity contribution in [3.63, 3.8) is 0 Å². The van der Waals surface area contributed by atoms with E-state index in [4.69, 9.17) is 14.2 Å². The van der Waals surface area contributed by atoms with Gasteiger partial charge in [0, 0.05) is 30.3 Å². The molecule has 336 valence electrons. The molecule has 0 aliphatic carbocycles. The van der Waals surface area contributed by atoms with E-state index in [0.29, 0.717) is 18.0 Å². The lowest BCUT2D eigenvalue weighted by atomic mass is 9.89. The number of para-hydroxylation sites is 1. The summed E-state index contributed by atoms with van der Waals surface area (Å²) in [4.78, 5) is 15.7. The van der Waals surface area contributed by atoms with E-state index in [1.54, 1.807) is 0 Å². The fraction of sp³-hybridized carbons (Fsp3) is 0.436. The van der Waals surface area contributed by atoms with E-state index in [9.17, 15) is 9.90 Å². The van der Waals surface area contributed by atoms with Crippen molar-refractivity contribution in [3.8, 4) is 22.6 Å². The van der Waals surface area contributed by atoms with Crippen LogP contribution in [0.1, 0.15) is 132 Å². The maximum atomic E-state index is 13.0. The highest BCUT2D eigenvalue weighted by molar-refractivity contribution is 5.89. The summed E-state index contributed by atoms with van der Waals surface area (Å²) in [6.45, 7) is 10.3. The van der Waals surface area contributed by atoms with E-state index in [1.807, 2.05) is 84.9 Å². The topological polar surface area (TPSA) is 92.3 Å². The molecular weight excluding hydrogens is 783 g/mol. The lowest BCUT2D eigenvalue weighted by Crippen LogP contribution is -2.45. The molecule has 0 spiro atoms. The van der Waals surface area contributed by atoms with Crippen molar-refractivity contribution in [3.05, 3.63) is 150 Å². The zero-order valence-corrected chi connectivity index (χ0v) is 38.0. The third kappa shape index (κ3) is 15.1. The zero-order valence-electron chi connectivity index (χ0n) is 38.0. The Hall–Kier alpha value is -4.99. The van der Waals surface area contributed by atoms with Gasteiger partial charge in [-0.05, 0) is 90.1 Å². The minimum Gasteiger partial charge on any atom is -0.457 e. The highest BCUT2D eigenvalue weighted by atomic mass is 16.7. The van der Waals surface area contributed by atoms with Crippen LogP contribution in [0.25, 0.3) is 11.1 Å². The van der Waals surface area contributed by atoms with Crippen molar-refractivity contribution in [2.75, 3.05) is 25.0 Å². The molecule has 1 saturated heterocycles. The summed E-state index contributed by atoms with van der Waals surface area (Å²) in [5.74, 6) is 1.58. The van der Waals surface area contributed by atoms with Gasteiger partial charge in [0.25, 0.3) is 0 Å². The van der Waals surface area contributed by atoms with Gasteiger partial charge in [0.1, 0.15) is 11.5 Å². The van der Waals surface area contributed by atoms with Crippen LogP contribution < -0.4 is 15.4 Å². The van der Waals surface area contributed by atoms with Crippen LogP contribution in [0.15, 0.2) is 127 Å². The lowest BCUT2D eigenvalue weighted by Gasteiger charge is -2.43. The molecule has 63 heavy (non-hydrogen) atoms. The molecule has 1 fully saturated rings. The molecule has 5 aromatic carbocycles. The quantitative estimate of drug-likeness (QED) is 0.0507. The van der Waals surface area contributed by atoms with E-state index in [-0.39, 0.29) is 30.8 Å². The molecule has 4 atom stereocenters. The van der Waals surface area contributed by atoms with Crippen LogP contribution in [0, 0.1) is 5.92 Å². The van der Waals surface area contributed by atoms with Crippen LogP contribution in [0.3, 0.4) is 0 Å². The van der Waals surface area contributed by atoms with E-state index in [1.165, 1.54) is 77.0 Å². The number of benzene rings is 5. The van der Waals surface area contributed by atoms with E-state index < -0.39 is 6.29 Å². The summed E-state index contributed by atoms with van der Waals surface area (Å²) < 4.78 is 19.8. The number of ether oxygens (including phenoxy) is 3. The first-order valence-electron chi connectivity index (χ1n) is 23.7. The standard InChI is InChI=1S/C55H71N3O5/c1-4-6-8-10-12-19-37-58(38-20-13-11-9-7-5-2)40-52-42(3)53(45-27-25-43(41-59)26-28-45)63-54(62-52)46-31-29-44(30-32-46)51-24-18-17-21-47(51)39-56-55(60)57-48-33-35-50(36-34-48)61-49-22-15-14-16-23-49/h14-18,21-36,42,52-54,59H,4-13,19-20,37-41H2,1-3H3,(H2,56,57,60)/t42-,52+,53+,54+/m0/s1. The summed E-state index contributed by atoms with van der Waals surface area (Å²) >= 11 is 0. The maximum absolute atomic E-state index is 13.0. The molecule has 0 unspecified atom stereocenters. The number of nitrogens with zero attached hydrogens (tertiary/aromatic N) is 1. The average Bonchev–Trinajstić information content (AvgIpc) is 3.32. The second kappa shape index (κ2) is 26.0. The third-order valence-corrected chi connectivity index (χ3v) is 12.3. The van der Waals surface area contributed by atoms with Crippen LogP contribution >= 0.6 is 0 Å². The second-order valence-corrected chi connectivity index (χ2v) is 17.2.